The molecule has 2 rings (SSSR count). The second-order valence-electron chi connectivity index (χ2n) is 5.05. The van der Waals surface area contributed by atoms with Crippen LogP contribution in [0.1, 0.15) is 5.56 Å². The van der Waals surface area contributed by atoms with E-state index in [0.29, 0.717) is 17.2 Å². The number of carbonyl (C=O) groups excluding carboxylic acids is 1. The van der Waals surface area contributed by atoms with Crippen molar-refractivity contribution in [1.82, 2.24) is 0 Å². The molecule has 0 spiro atoms. The van der Waals surface area contributed by atoms with E-state index in [2.05, 4.69) is 10.6 Å². The smallest absolute Gasteiger partial charge is 0.416 e. The van der Waals surface area contributed by atoms with Crippen molar-refractivity contribution in [3.63, 3.8) is 0 Å². The van der Waals surface area contributed by atoms with Gasteiger partial charge in [-0.25, -0.2) is 0 Å². The summed E-state index contributed by atoms with van der Waals surface area (Å²) in [7, 11) is 2.99. The molecule has 5 nitrogen and oxygen atoms in total. The van der Waals surface area contributed by atoms with Gasteiger partial charge in [-0.1, -0.05) is 6.07 Å². The number of benzene rings is 2. The second kappa shape index (κ2) is 7.78. The average Bonchev–Trinajstić information content (AvgIpc) is 2.59. The molecule has 2 aromatic carbocycles. The van der Waals surface area contributed by atoms with Gasteiger partial charge in [0.1, 0.15) is 11.5 Å². The number of methoxy groups -OCH3 is 2. The summed E-state index contributed by atoms with van der Waals surface area (Å²) >= 11 is 0. The standard InChI is InChI=1S/C17H17F3N2O3/c1-24-13-6-7-14(15(9-13)25-2)21-10-16(23)22-12-5-3-4-11(8-12)17(18,19)20/h3-9,21H,10H2,1-2H3,(H,22,23). The maximum atomic E-state index is 12.7. The molecule has 1 amide bonds. The zero-order chi connectivity index (χ0) is 18.4. The van der Waals surface area contributed by atoms with Crippen LogP contribution in [-0.2, 0) is 11.0 Å². The summed E-state index contributed by atoms with van der Waals surface area (Å²) in [6.45, 7) is -0.140. The van der Waals surface area contributed by atoms with Crippen LogP contribution in [-0.4, -0.2) is 26.7 Å². The minimum atomic E-state index is -4.46. The van der Waals surface area contributed by atoms with Gasteiger partial charge in [0, 0.05) is 11.8 Å². The number of hydrogen-bond donors (Lipinski definition) is 2. The van der Waals surface area contributed by atoms with E-state index < -0.39 is 17.6 Å². The maximum absolute atomic E-state index is 12.7. The molecule has 0 aliphatic carbocycles. The SMILES string of the molecule is COc1ccc(NCC(=O)Nc2cccc(C(F)(F)F)c2)c(OC)c1. The molecule has 0 aliphatic heterocycles. The molecule has 0 aromatic heterocycles. The van der Waals surface area contributed by atoms with E-state index >= 15 is 0 Å². The molecule has 2 N–H and O–H groups in total. The number of rotatable bonds is 6. The Labute approximate surface area is 142 Å². The summed E-state index contributed by atoms with van der Waals surface area (Å²) in [6.07, 6.45) is -4.46. The molecule has 0 unspecified atom stereocenters. The fourth-order valence-electron chi connectivity index (χ4n) is 2.10. The minimum absolute atomic E-state index is 0.0725. The molecule has 0 fully saturated rings. The summed E-state index contributed by atoms with van der Waals surface area (Å²) in [5.74, 6) is 0.583. The van der Waals surface area contributed by atoms with E-state index in [1.807, 2.05) is 0 Å². The largest absolute Gasteiger partial charge is 0.497 e. The number of nitrogens with one attached hydrogen (secondary N) is 2. The van der Waals surface area contributed by atoms with E-state index in [-0.39, 0.29) is 12.2 Å². The Kier molecular flexibility index (Phi) is 5.74. The number of alkyl halides is 3. The average molecular weight is 354 g/mol. The van der Waals surface area contributed by atoms with Gasteiger partial charge in [0.25, 0.3) is 0 Å². The van der Waals surface area contributed by atoms with Gasteiger partial charge in [-0.3, -0.25) is 4.79 Å². The third kappa shape index (κ3) is 5.03. The lowest BCUT2D eigenvalue weighted by atomic mass is 10.2. The van der Waals surface area contributed by atoms with Gasteiger partial charge in [0.05, 0.1) is 32.0 Å². The monoisotopic (exact) mass is 354 g/mol. The minimum Gasteiger partial charge on any atom is -0.497 e. The van der Waals surface area contributed by atoms with Crippen LogP contribution in [0.15, 0.2) is 42.5 Å². The molecule has 8 heteroatoms. The van der Waals surface area contributed by atoms with Crippen molar-refractivity contribution in [1.29, 1.82) is 0 Å². The second-order valence-corrected chi connectivity index (χ2v) is 5.05. The van der Waals surface area contributed by atoms with Crippen LogP contribution in [0, 0.1) is 0 Å². The Morgan fingerprint density at radius 1 is 1.08 bits per heavy atom. The van der Waals surface area contributed by atoms with E-state index in [4.69, 9.17) is 9.47 Å². The Bertz CT molecular complexity index is 748. The molecule has 25 heavy (non-hydrogen) atoms. The summed E-state index contributed by atoms with van der Waals surface area (Å²) < 4.78 is 48.3. The van der Waals surface area contributed by atoms with E-state index in [9.17, 15) is 18.0 Å². The molecule has 0 atom stereocenters. The van der Waals surface area contributed by atoms with Crippen molar-refractivity contribution in [2.24, 2.45) is 0 Å². The Morgan fingerprint density at radius 3 is 2.48 bits per heavy atom. The molecule has 0 bridgehead atoms. The lowest BCUT2D eigenvalue weighted by Gasteiger charge is -2.13. The van der Waals surface area contributed by atoms with Gasteiger partial charge in [0.15, 0.2) is 0 Å². The summed E-state index contributed by atoms with van der Waals surface area (Å²) in [6, 6.07) is 9.46. The molecular formula is C17H17F3N2O3. The van der Waals surface area contributed by atoms with Crippen LogP contribution in [0.5, 0.6) is 11.5 Å². The van der Waals surface area contributed by atoms with Crippen LogP contribution in [0.2, 0.25) is 0 Å². The summed E-state index contributed by atoms with van der Waals surface area (Å²) in [5, 5.41) is 5.28. The van der Waals surface area contributed by atoms with Crippen LogP contribution >= 0.6 is 0 Å². The van der Waals surface area contributed by atoms with Crippen LogP contribution in [0.4, 0.5) is 24.5 Å². The number of ether oxygens (including phenoxy) is 2. The fraction of sp³-hybridized carbons (Fsp3) is 0.235. The predicted molar refractivity (Wildman–Crippen MR) is 88.1 cm³/mol. The van der Waals surface area contributed by atoms with E-state index in [1.54, 1.807) is 18.2 Å². The van der Waals surface area contributed by atoms with Crippen molar-refractivity contribution in [3.05, 3.63) is 48.0 Å². The Morgan fingerprint density at radius 2 is 1.84 bits per heavy atom. The first kappa shape index (κ1) is 18.4. The Hall–Kier alpha value is -2.90. The molecule has 2 aromatic rings. The zero-order valence-electron chi connectivity index (χ0n) is 13.6. The molecule has 134 valence electrons. The lowest BCUT2D eigenvalue weighted by molar-refractivity contribution is -0.137. The number of anilines is 2. The van der Waals surface area contributed by atoms with Gasteiger partial charge in [-0.15, -0.1) is 0 Å². The highest BCUT2D eigenvalue weighted by Gasteiger charge is 2.30. The zero-order valence-corrected chi connectivity index (χ0v) is 13.6. The van der Waals surface area contributed by atoms with Crippen molar-refractivity contribution in [2.75, 3.05) is 31.4 Å². The molecule has 0 heterocycles. The number of amides is 1. The maximum Gasteiger partial charge on any atom is 0.416 e. The van der Waals surface area contributed by atoms with E-state index in [1.165, 1.54) is 26.4 Å². The molecule has 0 saturated heterocycles. The summed E-state index contributed by atoms with van der Waals surface area (Å²) in [4.78, 5) is 11.9. The van der Waals surface area contributed by atoms with Gasteiger partial charge in [-0.2, -0.15) is 13.2 Å². The van der Waals surface area contributed by atoms with Crippen LogP contribution in [0.25, 0.3) is 0 Å². The van der Waals surface area contributed by atoms with Crippen LogP contribution < -0.4 is 20.1 Å². The van der Waals surface area contributed by atoms with Gasteiger partial charge < -0.3 is 20.1 Å². The molecular weight excluding hydrogens is 337 g/mol. The van der Waals surface area contributed by atoms with Gasteiger partial charge >= 0.3 is 6.18 Å². The third-order valence-corrected chi connectivity index (χ3v) is 3.32. The summed E-state index contributed by atoms with van der Waals surface area (Å²) in [5.41, 5.74) is -0.194. The van der Waals surface area contributed by atoms with Crippen molar-refractivity contribution in [2.45, 2.75) is 6.18 Å². The highest BCUT2D eigenvalue weighted by molar-refractivity contribution is 5.94. The predicted octanol–water partition coefficient (Wildman–Crippen LogP) is 3.77. The molecule has 0 aliphatic rings. The number of carbonyl (C=O) groups is 1. The molecule has 0 radical (unpaired) electrons. The number of hydrogen-bond acceptors (Lipinski definition) is 4. The fourth-order valence-corrected chi connectivity index (χ4v) is 2.10. The highest BCUT2D eigenvalue weighted by Crippen LogP contribution is 2.31. The first-order chi connectivity index (χ1) is 11.8. The van der Waals surface area contributed by atoms with E-state index in [0.717, 1.165) is 12.1 Å². The topological polar surface area (TPSA) is 59.6 Å². The van der Waals surface area contributed by atoms with Crippen molar-refractivity contribution in [3.8, 4) is 11.5 Å². The number of halogens is 3. The Balaban J connectivity index is 2.00. The van der Waals surface area contributed by atoms with Crippen molar-refractivity contribution >= 4 is 17.3 Å². The normalized spacial score (nSPS) is 10.9. The first-order valence-electron chi connectivity index (χ1n) is 7.26. The van der Waals surface area contributed by atoms with Gasteiger partial charge in [-0.05, 0) is 30.3 Å². The van der Waals surface area contributed by atoms with Gasteiger partial charge in [0.2, 0.25) is 5.91 Å². The quantitative estimate of drug-likeness (QED) is 0.829. The third-order valence-electron chi connectivity index (χ3n) is 3.32. The first-order valence-corrected chi connectivity index (χ1v) is 7.26. The van der Waals surface area contributed by atoms with Crippen molar-refractivity contribution < 1.29 is 27.4 Å². The highest BCUT2D eigenvalue weighted by atomic mass is 19.4. The lowest BCUT2D eigenvalue weighted by Crippen LogP contribution is -2.22. The molecule has 0 saturated carbocycles. The van der Waals surface area contributed by atoms with Crippen LogP contribution in [0.3, 0.4) is 0 Å².